The van der Waals surface area contributed by atoms with Gasteiger partial charge >= 0.3 is 0 Å². The zero-order valence-corrected chi connectivity index (χ0v) is 8.11. The molecule has 13 heavy (non-hydrogen) atoms. The third-order valence-corrected chi connectivity index (χ3v) is 1.96. The van der Waals surface area contributed by atoms with Gasteiger partial charge in [0.2, 0.25) is 0 Å². The fourth-order valence-corrected chi connectivity index (χ4v) is 1.09. The Kier molecular flexibility index (Phi) is 3.32. The molecule has 70 valence electrons. The molecule has 0 aliphatic carbocycles. The summed E-state index contributed by atoms with van der Waals surface area (Å²) >= 11 is 5.60. The Labute approximate surface area is 82.2 Å². The summed E-state index contributed by atoms with van der Waals surface area (Å²) in [5.74, 6) is -0.404. The molecule has 0 spiro atoms. The highest BCUT2D eigenvalue weighted by molar-refractivity contribution is 6.31. The average Bonchev–Trinajstić information content (AvgIpc) is 2.11. The summed E-state index contributed by atoms with van der Waals surface area (Å²) in [6.45, 7) is 5.58. The van der Waals surface area contributed by atoms with E-state index in [4.69, 9.17) is 11.6 Å². The molecule has 0 radical (unpaired) electrons. The van der Waals surface area contributed by atoms with E-state index in [0.29, 0.717) is 0 Å². The molecule has 1 N–H and O–H groups in total. The van der Waals surface area contributed by atoms with Crippen molar-refractivity contribution in [3.63, 3.8) is 0 Å². The van der Waals surface area contributed by atoms with Crippen molar-refractivity contribution in [2.24, 2.45) is 0 Å². The Hall–Kier alpha value is -1.02. The first-order valence-corrected chi connectivity index (χ1v) is 4.35. The SMILES string of the molecule is C=CC(C)Nc1ccc(F)c(Cl)c1. The highest BCUT2D eigenvalue weighted by Crippen LogP contribution is 2.19. The van der Waals surface area contributed by atoms with Gasteiger partial charge in [-0.3, -0.25) is 0 Å². The van der Waals surface area contributed by atoms with Gasteiger partial charge in [-0.05, 0) is 25.1 Å². The molecule has 1 unspecified atom stereocenters. The molecule has 0 aliphatic rings. The van der Waals surface area contributed by atoms with Crippen LogP contribution in [0.5, 0.6) is 0 Å². The fourth-order valence-electron chi connectivity index (χ4n) is 0.908. The van der Waals surface area contributed by atoms with E-state index in [2.05, 4.69) is 11.9 Å². The van der Waals surface area contributed by atoms with Crippen LogP contribution in [0.4, 0.5) is 10.1 Å². The second-order valence-corrected chi connectivity index (χ2v) is 3.20. The third kappa shape index (κ3) is 2.74. The van der Waals surface area contributed by atoms with Gasteiger partial charge in [0, 0.05) is 11.7 Å². The first-order chi connectivity index (χ1) is 6.13. The lowest BCUT2D eigenvalue weighted by Crippen LogP contribution is -2.10. The van der Waals surface area contributed by atoms with Crippen LogP contribution in [-0.2, 0) is 0 Å². The van der Waals surface area contributed by atoms with Crippen LogP contribution in [0.1, 0.15) is 6.92 Å². The van der Waals surface area contributed by atoms with E-state index in [9.17, 15) is 4.39 Å². The van der Waals surface area contributed by atoms with Crippen LogP contribution in [0.25, 0.3) is 0 Å². The molecule has 0 aromatic heterocycles. The Bertz CT molecular complexity index is 312. The maximum Gasteiger partial charge on any atom is 0.141 e. The monoisotopic (exact) mass is 199 g/mol. The van der Waals surface area contributed by atoms with Crippen LogP contribution in [0, 0.1) is 5.82 Å². The topological polar surface area (TPSA) is 12.0 Å². The van der Waals surface area contributed by atoms with Gasteiger partial charge in [0.15, 0.2) is 0 Å². The van der Waals surface area contributed by atoms with Crippen molar-refractivity contribution >= 4 is 17.3 Å². The van der Waals surface area contributed by atoms with Crippen LogP contribution >= 0.6 is 11.6 Å². The Balaban J connectivity index is 2.79. The Morgan fingerprint density at radius 1 is 1.62 bits per heavy atom. The Morgan fingerprint density at radius 3 is 2.85 bits per heavy atom. The lowest BCUT2D eigenvalue weighted by molar-refractivity contribution is 0.628. The molecule has 1 atom stereocenters. The van der Waals surface area contributed by atoms with E-state index in [0.717, 1.165) is 5.69 Å². The number of anilines is 1. The van der Waals surface area contributed by atoms with E-state index in [1.165, 1.54) is 6.07 Å². The van der Waals surface area contributed by atoms with Crippen molar-refractivity contribution in [2.75, 3.05) is 5.32 Å². The summed E-state index contributed by atoms with van der Waals surface area (Å²) in [6, 6.07) is 4.67. The summed E-state index contributed by atoms with van der Waals surface area (Å²) in [6.07, 6.45) is 1.76. The van der Waals surface area contributed by atoms with Crippen molar-refractivity contribution in [2.45, 2.75) is 13.0 Å². The van der Waals surface area contributed by atoms with Crippen molar-refractivity contribution in [1.29, 1.82) is 0 Å². The maximum atomic E-state index is 12.7. The highest BCUT2D eigenvalue weighted by Gasteiger charge is 2.01. The summed E-state index contributed by atoms with van der Waals surface area (Å²) in [7, 11) is 0. The summed E-state index contributed by atoms with van der Waals surface area (Å²) in [5, 5.41) is 3.22. The smallest absolute Gasteiger partial charge is 0.141 e. The molecule has 0 heterocycles. The van der Waals surface area contributed by atoms with Gasteiger partial charge in [-0.15, -0.1) is 6.58 Å². The minimum absolute atomic E-state index is 0.126. The molecule has 0 fully saturated rings. The van der Waals surface area contributed by atoms with E-state index in [-0.39, 0.29) is 11.1 Å². The zero-order valence-electron chi connectivity index (χ0n) is 7.35. The van der Waals surface area contributed by atoms with Crippen molar-refractivity contribution < 1.29 is 4.39 Å². The van der Waals surface area contributed by atoms with Crippen LogP contribution < -0.4 is 5.32 Å². The number of nitrogens with one attached hydrogen (secondary N) is 1. The molecule has 3 heteroatoms. The van der Waals surface area contributed by atoms with Crippen LogP contribution in [0.2, 0.25) is 5.02 Å². The molecule has 0 saturated heterocycles. The van der Waals surface area contributed by atoms with Gasteiger partial charge < -0.3 is 5.32 Å². The molecule has 1 nitrogen and oxygen atoms in total. The quantitative estimate of drug-likeness (QED) is 0.736. The molecular weight excluding hydrogens is 189 g/mol. The summed E-state index contributed by atoms with van der Waals surface area (Å²) in [4.78, 5) is 0. The maximum absolute atomic E-state index is 12.7. The van der Waals surface area contributed by atoms with Crippen LogP contribution in [-0.4, -0.2) is 6.04 Å². The fraction of sp³-hybridized carbons (Fsp3) is 0.200. The number of halogens is 2. The lowest BCUT2D eigenvalue weighted by atomic mass is 10.2. The van der Waals surface area contributed by atoms with Gasteiger partial charge in [-0.25, -0.2) is 4.39 Å². The molecule has 1 aromatic rings. The Morgan fingerprint density at radius 2 is 2.31 bits per heavy atom. The van der Waals surface area contributed by atoms with E-state index in [1.807, 2.05) is 6.92 Å². The number of benzene rings is 1. The predicted octanol–water partition coefficient (Wildman–Crippen LogP) is 3.47. The second-order valence-electron chi connectivity index (χ2n) is 2.80. The predicted molar refractivity (Wildman–Crippen MR) is 54.7 cm³/mol. The molecule has 0 saturated carbocycles. The van der Waals surface area contributed by atoms with E-state index >= 15 is 0 Å². The van der Waals surface area contributed by atoms with Crippen LogP contribution in [0.15, 0.2) is 30.9 Å². The van der Waals surface area contributed by atoms with Gasteiger partial charge in [0.1, 0.15) is 5.82 Å². The van der Waals surface area contributed by atoms with Gasteiger partial charge in [-0.2, -0.15) is 0 Å². The minimum atomic E-state index is -0.404. The second kappa shape index (κ2) is 4.28. The van der Waals surface area contributed by atoms with Gasteiger partial charge in [-0.1, -0.05) is 17.7 Å². The normalized spacial score (nSPS) is 12.2. The average molecular weight is 200 g/mol. The minimum Gasteiger partial charge on any atom is -0.379 e. The summed E-state index contributed by atoms with van der Waals surface area (Å²) in [5.41, 5.74) is 0.791. The van der Waals surface area contributed by atoms with Gasteiger partial charge in [0.25, 0.3) is 0 Å². The number of rotatable bonds is 3. The first-order valence-electron chi connectivity index (χ1n) is 3.97. The summed E-state index contributed by atoms with van der Waals surface area (Å²) < 4.78 is 12.7. The number of hydrogen-bond donors (Lipinski definition) is 1. The largest absolute Gasteiger partial charge is 0.379 e. The standard InChI is InChI=1S/C10H11ClFN/c1-3-7(2)13-8-4-5-10(12)9(11)6-8/h3-7,13H,1H2,2H3. The van der Waals surface area contributed by atoms with Crippen molar-refractivity contribution in [3.05, 3.63) is 41.7 Å². The van der Waals surface area contributed by atoms with E-state index < -0.39 is 5.82 Å². The molecule has 0 aliphatic heterocycles. The van der Waals surface area contributed by atoms with Crippen molar-refractivity contribution in [3.8, 4) is 0 Å². The first kappa shape index (κ1) is 10.1. The van der Waals surface area contributed by atoms with Gasteiger partial charge in [0.05, 0.1) is 5.02 Å². The van der Waals surface area contributed by atoms with Crippen molar-refractivity contribution in [1.82, 2.24) is 0 Å². The highest BCUT2D eigenvalue weighted by atomic mass is 35.5. The molecule has 1 rings (SSSR count). The third-order valence-electron chi connectivity index (χ3n) is 1.67. The lowest BCUT2D eigenvalue weighted by Gasteiger charge is -2.10. The van der Waals surface area contributed by atoms with Crippen LogP contribution in [0.3, 0.4) is 0 Å². The zero-order chi connectivity index (χ0) is 9.84. The molecule has 1 aromatic carbocycles. The molecule has 0 amide bonds. The molecule has 0 bridgehead atoms. The number of hydrogen-bond acceptors (Lipinski definition) is 1. The van der Waals surface area contributed by atoms with E-state index in [1.54, 1.807) is 18.2 Å². The molecular formula is C10H11ClFN.